The van der Waals surface area contributed by atoms with E-state index in [2.05, 4.69) is 22.2 Å². The molecule has 0 unspecified atom stereocenters. The molecule has 0 spiro atoms. The average Bonchev–Trinajstić information content (AvgIpc) is 2.19. The smallest absolute Gasteiger partial charge is 0.131 e. The highest BCUT2D eigenvalue weighted by molar-refractivity contribution is 5.32. The zero-order chi connectivity index (χ0) is 10.2. The van der Waals surface area contributed by atoms with E-state index in [0.717, 1.165) is 31.0 Å². The zero-order valence-corrected chi connectivity index (χ0v) is 8.66. The van der Waals surface area contributed by atoms with Crippen molar-refractivity contribution in [3.63, 3.8) is 0 Å². The predicted molar refractivity (Wildman–Crippen MR) is 58.2 cm³/mol. The quantitative estimate of drug-likeness (QED) is 0.668. The SMILES string of the molecule is CCCCNc1ccnc(CCN)n1. The van der Waals surface area contributed by atoms with Crippen LogP contribution in [-0.4, -0.2) is 23.1 Å². The number of aromatic nitrogens is 2. The number of rotatable bonds is 6. The maximum absolute atomic E-state index is 5.43. The van der Waals surface area contributed by atoms with Crippen LogP contribution in [-0.2, 0) is 6.42 Å². The molecule has 4 heteroatoms. The molecule has 0 amide bonds. The van der Waals surface area contributed by atoms with Gasteiger partial charge in [0.2, 0.25) is 0 Å². The Balaban J connectivity index is 2.46. The monoisotopic (exact) mass is 194 g/mol. The molecular weight excluding hydrogens is 176 g/mol. The lowest BCUT2D eigenvalue weighted by Gasteiger charge is -2.05. The first-order chi connectivity index (χ1) is 6.86. The van der Waals surface area contributed by atoms with E-state index in [1.807, 2.05) is 6.07 Å². The first-order valence-electron chi connectivity index (χ1n) is 5.12. The molecule has 3 N–H and O–H groups in total. The molecule has 4 nitrogen and oxygen atoms in total. The van der Waals surface area contributed by atoms with E-state index in [1.165, 1.54) is 6.42 Å². The number of nitrogens with two attached hydrogens (primary N) is 1. The molecule has 0 saturated carbocycles. The molecule has 0 fully saturated rings. The molecule has 0 aromatic carbocycles. The summed E-state index contributed by atoms with van der Waals surface area (Å²) in [6, 6.07) is 1.88. The standard InChI is InChI=1S/C10H18N4/c1-2-3-7-12-10-5-8-13-9(14-10)4-6-11/h5,8H,2-4,6-7,11H2,1H3,(H,12,13,14). The van der Waals surface area contributed by atoms with Gasteiger partial charge >= 0.3 is 0 Å². The summed E-state index contributed by atoms with van der Waals surface area (Å²) >= 11 is 0. The first kappa shape index (κ1) is 10.9. The lowest BCUT2D eigenvalue weighted by atomic mass is 10.3. The highest BCUT2D eigenvalue weighted by atomic mass is 15.0. The van der Waals surface area contributed by atoms with Gasteiger partial charge in [-0.2, -0.15) is 0 Å². The zero-order valence-electron chi connectivity index (χ0n) is 8.66. The maximum atomic E-state index is 5.43. The second-order valence-electron chi connectivity index (χ2n) is 3.18. The Morgan fingerprint density at radius 1 is 1.50 bits per heavy atom. The summed E-state index contributed by atoms with van der Waals surface area (Å²) in [5.41, 5.74) is 5.43. The molecule has 78 valence electrons. The molecule has 1 rings (SSSR count). The van der Waals surface area contributed by atoms with E-state index >= 15 is 0 Å². The summed E-state index contributed by atoms with van der Waals surface area (Å²) < 4.78 is 0. The van der Waals surface area contributed by atoms with Crippen molar-refractivity contribution in [2.24, 2.45) is 5.73 Å². The van der Waals surface area contributed by atoms with Crippen LogP contribution in [0, 0.1) is 0 Å². The van der Waals surface area contributed by atoms with Crippen LogP contribution in [0.4, 0.5) is 5.82 Å². The van der Waals surface area contributed by atoms with Crippen LogP contribution in [0.2, 0.25) is 0 Å². The number of nitrogens with zero attached hydrogens (tertiary/aromatic N) is 2. The first-order valence-corrected chi connectivity index (χ1v) is 5.12. The molecule has 1 aromatic heterocycles. The van der Waals surface area contributed by atoms with Crippen molar-refractivity contribution in [2.75, 3.05) is 18.4 Å². The minimum Gasteiger partial charge on any atom is -0.370 e. The van der Waals surface area contributed by atoms with Crippen LogP contribution >= 0.6 is 0 Å². The van der Waals surface area contributed by atoms with Gasteiger partial charge in [-0.3, -0.25) is 0 Å². The molecule has 0 aliphatic carbocycles. The molecule has 0 bridgehead atoms. The van der Waals surface area contributed by atoms with Crippen molar-refractivity contribution >= 4 is 5.82 Å². The van der Waals surface area contributed by atoms with Crippen LogP contribution < -0.4 is 11.1 Å². The molecule has 0 radical (unpaired) electrons. The largest absolute Gasteiger partial charge is 0.370 e. The van der Waals surface area contributed by atoms with E-state index in [-0.39, 0.29) is 0 Å². The van der Waals surface area contributed by atoms with Crippen molar-refractivity contribution < 1.29 is 0 Å². The highest BCUT2D eigenvalue weighted by Gasteiger charge is 1.96. The van der Waals surface area contributed by atoms with Crippen LogP contribution in [0.25, 0.3) is 0 Å². The fraction of sp³-hybridized carbons (Fsp3) is 0.600. The number of anilines is 1. The van der Waals surface area contributed by atoms with Crippen LogP contribution in [0.15, 0.2) is 12.3 Å². The van der Waals surface area contributed by atoms with Gasteiger partial charge in [-0.05, 0) is 19.0 Å². The third kappa shape index (κ3) is 3.70. The molecule has 1 heterocycles. The lowest BCUT2D eigenvalue weighted by Crippen LogP contribution is -2.09. The Bertz CT molecular complexity index is 262. The molecule has 0 aliphatic rings. The summed E-state index contributed by atoms with van der Waals surface area (Å²) in [5, 5.41) is 3.25. The minimum atomic E-state index is 0.596. The second-order valence-corrected chi connectivity index (χ2v) is 3.18. The Hall–Kier alpha value is -1.16. The van der Waals surface area contributed by atoms with E-state index in [4.69, 9.17) is 5.73 Å². The van der Waals surface area contributed by atoms with Gasteiger partial charge in [0.25, 0.3) is 0 Å². The van der Waals surface area contributed by atoms with Crippen molar-refractivity contribution in [3.05, 3.63) is 18.1 Å². The van der Waals surface area contributed by atoms with Crippen LogP contribution in [0.1, 0.15) is 25.6 Å². The molecule has 14 heavy (non-hydrogen) atoms. The van der Waals surface area contributed by atoms with Gasteiger partial charge in [-0.25, -0.2) is 9.97 Å². The van der Waals surface area contributed by atoms with Gasteiger partial charge in [0.1, 0.15) is 11.6 Å². The Labute approximate surface area is 85.0 Å². The second kappa shape index (κ2) is 6.32. The van der Waals surface area contributed by atoms with E-state index in [1.54, 1.807) is 6.20 Å². The van der Waals surface area contributed by atoms with E-state index in [0.29, 0.717) is 6.54 Å². The Morgan fingerprint density at radius 2 is 2.36 bits per heavy atom. The fourth-order valence-corrected chi connectivity index (χ4v) is 1.14. The van der Waals surface area contributed by atoms with Crippen LogP contribution in [0.5, 0.6) is 0 Å². The third-order valence-electron chi connectivity index (χ3n) is 1.91. The molecule has 0 aliphatic heterocycles. The van der Waals surface area contributed by atoms with Crippen molar-refractivity contribution in [2.45, 2.75) is 26.2 Å². The average molecular weight is 194 g/mol. The van der Waals surface area contributed by atoms with Crippen molar-refractivity contribution in [3.8, 4) is 0 Å². The van der Waals surface area contributed by atoms with Gasteiger partial charge in [-0.15, -0.1) is 0 Å². The van der Waals surface area contributed by atoms with Crippen molar-refractivity contribution in [1.82, 2.24) is 9.97 Å². The van der Waals surface area contributed by atoms with Gasteiger partial charge in [0, 0.05) is 19.2 Å². The summed E-state index contributed by atoms with van der Waals surface area (Å²) in [6.07, 6.45) is 4.86. The summed E-state index contributed by atoms with van der Waals surface area (Å²) in [7, 11) is 0. The van der Waals surface area contributed by atoms with Gasteiger partial charge in [0.15, 0.2) is 0 Å². The molecule has 0 saturated heterocycles. The van der Waals surface area contributed by atoms with Gasteiger partial charge in [0.05, 0.1) is 0 Å². The molecule has 0 atom stereocenters. The number of hydrogen-bond donors (Lipinski definition) is 2. The van der Waals surface area contributed by atoms with Crippen LogP contribution in [0.3, 0.4) is 0 Å². The summed E-state index contributed by atoms with van der Waals surface area (Å²) in [5.74, 6) is 1.71. The Kier molecular flexibility index (Phi) is 4.93. The number of unbranched alkanes of at least 4 members (excludes halogenated alkanes) is 1. The van der Waals surface area contributed by atoms with Gasteiger partial charge in [-0.1, -0.05) is 13.3 Å². The predicted octanol–water partition coefficient (Wildman–Crippen LogP) is 1.19. The third-order valence-corrected chi connectivity index (χ3v) is 1.91. The maximum Gasteiger partial charge on any atom is 0.131 e. The number of nitrogens with one attached hydrogen (secondary N) is 1. The summed E-state index contributed by atoms with van der Waals surface area (Å²) in [6.45, 7) is 3.73. The topological polar surface area (TPSA) is 63.8 Å². The molecular formula is C10H18N4. The number of hydrogen-bond acceptors (Lipinski definition) is 4. The van der Waals surface area contributed by atoms with E-state index in [9.17, 15) is 0 Å². The Morgan fingerprint density at radius 3 is 3.07 bits per heavy atom. The molecule has 1 aromatic rings. The minimum absolute atomic E-state index is 0.596. The fourth-order valence-electron chi connectivity index (χ4n) is 1.14. The van der Waals surface area contributed by atoms with Gasteiger partial charge < -0.3 is 11.1 Å². The normalized spacial score (nSPS) is 10.1. The van der Waals surface area contributed by atoms with E-state index < -0.39 is 0 Å². The summed E-state index contributed by atoms with van der Waals surface area (Å²) in [4.78, 5) is 8.46. The lowest BCUT2D eigenvalue weighted by molar-refractivity contribution is 0.822. The van der Waals surface area contributed by atoms with Crippen molar-refractivity contribution in [1.29, 1.82) is 0 Å². The highest BCUT2D eigenvalue weighted by Crippen LogP contribution is 2.02.